The largest absolute Gasteiger partial charge is 0.492 e. The summed E-state index contributed by atoms with van der Waals surface area (Å²) < 4.78 is 41.3. The van der Waals surface area contributed by atoms with Crippen molar-refractivity contribution in [2.24, 2.45) is 10.9 Å². The third-order valence-corrected chi connectivity index (χ3v) is 3.16. The van der Waals surface area contributed by atoms with E-state index in [-0.39, 0.29) is 30.0 Å². The molecule has 112 valence electrons. The first kappa shape index (κ1) is 16.5. The van der Waals surface area contributed by atoms with Crippen molar-refractivity contribution >= 4 is 17.6 Å². The van der Waals surface area contributed by atoms with Crippen LogP contribution in [0.5, 0.6) is 5.75 Å². The van der Waals surface area contributed by atoms with Crippen LogP contribution in [0.3, 0.4) is 0 Å². The van der Waals surface area contributed by atoms with Crippen molar-refractivity contribution in [2.45, 2.75) is 19.4 Å². The van der Waals surface area contributed by atoms with Crippen molar-refractivity contribution in [1.29, 1.82) is 0 Å². The van der Waals surface area contributed by atoms with Crippen LogP contribution in [0, 0.1) is 13.8 Å². The van der Waals surface area contributed by atoms with E-state index in [1.807, 2.05) is 0 Å². The van der Waals surface area contributed by atoms with Gasteiger partial charge in [-0.2, -0.15) is 13.2 Å². The monoisotopic (exact) mass is 308 g/mol. The molecule has 4 nitrogen and oxygen atoms in total. The van der Waals surface area contributed by atoms with Gasteiger partial charge in [-0.05, 0) is 48.9 Å². The Labute approximate surface area is 118 Å². The predicted molar refractivity (Wildman–Crippen MR) is 72.4 cm³/mol. The van der Waals surface area contributed by atoms with Crippen LogP contribution in [0.4, 0.5) is 13.2 Å². The Balaban J connectivity index is 2.72. The van der Waals surface area contributed by atoms with Gasteiger partial charge in [-0.25, -0.2) is 0 Å². The van der Waals surface area contributed by atoms with Crippen molar-refractivity contribution in [1.82, 2.24) is 0 Å². The van der Waals surface area contributed by atoms with Gasteiger partial charge < -0.3 is 15.7 Å². The zero-order chi connectivity index (χ0) is 15.3. The number of rotatable bonds is 5. The highest BCUT2D eigenvalue weighted by atomic mass is 32.2. The van der Waals surface area contributed by atoms with Gasteiger partial charge in [0.2, 0.25) is 0 Å². The summed E-state index contributed by atoms with van der Waals surface area (Å²) >= 11 is -0.121. The third kappa shape index (κ3) is 4.84. The van der Waals surface area contributed by atoms with Gasteiger partial charge in [0.15, 0.2) is 5.84 Å². The van der Waals surface area contributed by atoms with Crippen LogP contribution in [0.15, 0.2) is 17.3 Å². The molecule has 0 radical (unpaired) electrons. The summed E-state index contributed by atoms with van der Waals surface area (Å²) in [5.74, 6) is 0.308. The molecule has 0 saturated carbocycles. The lowest BCUT2D eigenvalue weighted by molar-refractivity contribution is -0.0329. The number of nitrogens with two attached hydrogens (primary N) is 1. The minimum atomic E-state index is -4.25. The number of hydrogen-bond donors (Lipinski definition) is 2. The molecule has 0 aromatic heterocycles. The molecular weight excluding hydrogens is 293 g/mol. The van der Waals surface area contributed by atoms with Crippen molar-refractivity contribution in [3.8, 4) is 5.75 Å². The number of hydrogen-bond acceptors (Lipinski definition) is 4. The Morgan fingerprint density at radius 2 is 1.90 bits per heavy atom. The fourth-order valence-electron chi connectivity index (χ4n) is 1.68. The van der Waals surface area contributed by atoms with E-state index < -0.39 is 5.51 Å². The van der Waals surface area contributed by atoms with E-state index in [9.17, 15) is 13.2 Å². The summed E-state index contributed by atoms with van der Waals surface area (Å²) in [7, 11) is 0. The maximum absolute atomic E-state index is 12.0. The van der Waals surface area contributed by atoms with Gasteiger partial charge >= 0.3 is 5.51 Å². The number of halogens is 3. The minimum absolute atomic E-state index is 0.0321. The van der Waals surface area contributed by atoms with Crippen molar-refractivity contribution in [2.75, 3.05) is 12.4 Å². The Morgan fingerprint density at radius 1 is 1.35 bits per heavy atom. The molecule has 0 unspecified atom stereocenters. The summed E-state index contributed by atoms with van der Waals surface area (Å²) in [5, 5.41) is 11.5. The van der Waals surface area contributed by atoms with Crippen LogP contribution in [-0.4, -0.2) is 28.9 Å². The highest BCUT2D eigenvalue weighted by Crippen LogP contribution is 2.30. The normalized spacial score (nSPS) is 12.6. The number of aryl methyl sites for hydroxylation is 2. The highest BCUT2D eigenvalue weighted by molar-refractivity contribution is 8.00. The van der Waals surface area contributed by atoms with Gasteiger partial charge in [-0.1, -0.05) is 5.16 Å². The van der Waals surface area contributed by atoms with Crippen LogP contribution in [0.2, 0.25) is 0 Å². The molecule has 1 rings (SSSR count). The molecule has 1 aromatic rings. The van der Waals surface area contributed by atoms with Crippen molar-refractivity contribution in [3.63, 3.8) is 0 Å². The second kappa shape index (κ2) is 6.74. The summed E-state index contributed by atoms with van der Waals surface area (Å²) in [6, 6.07) is 3.29. The first-order valence-electron chi connectivity index (χ1n) is 5.67. The first-order chi connectivity index (χ1) is 9.24. The molecule has 0 fully saturated rings. The number of ether oxygens (including phenoxy) is 1. The van der Waals surface area contributed by atoms with E-state index in [0.29, 0.717) is 22.4 Å². The predicted octanol–water partition coefficient (Wildman–Crippen LogP) is 3.03. The van der Waals surface area contributed by atoms with E-state index in [0.717, 1.165) is 0 Å². The van der Waals surface area contributed by atoms with Crippen LogP contribution < -0.4 is 10.5 Å². The molecule has 0 aliphatic carbocycles. The number of alkyl halides is 3. The lowest BCUT2D eigenvalue weighted by Crippen LogP contribution is -2.14. The molecular formula is C12H15F3N2O2S. The van der Waals surface area contributed by atoms with E-state index >= 15 is 0 Å². The van der Waals surface area contributed by atoms with Gasteiger partial charge in [0, 0.05) is 11.3 Å². The number of oxime groups is 1. The van der Waals surface area contributed by atoms with Gasteiger partial charge in [0.1, 0.15) is 5.75 Å². The van der Waals surface area contributed by atoms with Crippen LogP contribution in [-0.2, 0) is 0 Å². The molecule has 20 heavy (non-hydrogen) atoms. The Hall–Kier alpha value is -1.57. The standard InChI is InChI=1S/C12H15F3N2O2S/c1-7-5-9(11(16)17-18)6-8(2)10(7)19-3-4-20-12(13,14)15/h5-6,18H,3-4H2,1-2H3,(H2,16,17). The molecule has 0 bridgehead atoms. The minimum Gasteiger partial charge on any atom is -0.492 e. The molecule has 0 heterocycles. The molecule has 8 heteroatoms. The Kier molecular flexibility index (Phi) is 5.55. The van der Waals surface area contributed by atoms with Gasteiger partial charge in [-0.15, -0.1) is 0 Å². The lowest BCUT2D eigenvalue weighted by atomic mass is 10.1. The third-order valence-electron chi connectivity index (χ3n) is 2.46. The van der Waals surface area contributed by atoms with E-state index in [4.69, 9.17) is 15.7 Å². The molecule has 0 aliphatic rings. The Bertz CT molecular complexity index is 481. The second-order valence-corrected chi connectivity index (χ2v) is 5.23. The Morgan fingerprint density at radius 3 is 2.35 bits per heavy atom. The van der Waals surface area contributed by atoms with Crippen LogP contribution in [0.1, 0.15) is 16.7 Å². The second-order valence-electron chi connectivity index (χ2n) is 4.07. The molecule has 3 N–H and O–H groups in total. The summed E-state index contributed by atoms with van der Waals surface area (Å²) in [5.41, 5.74) is 3.19. The molecule has 0 spiro atoms. The summed E-state index contributed by atoms with van der Waals surface area (Å²) in [6.45, 7) is 3.44. The van der Waals surface area contributed by atoms with Crippen molar-refractivity contribution in [3.05, 3.63) is 28.8 Å². The fourth-order valence-corrected chi connectivity index (χ4v) is 2.08. The molecule has 0 aliphatic heterocycles. The maximum Gasteiger partial charge on any atom is 0.441 e. The van der Waals surface area contributed by atoms with Gasteiger partial charge in [0.05, 0.1) is 6.61 Å². The topological polar surface area (TPSA) is 67.8 Å². The SMILES string of the molecule is Cc1cc(/C(N)=N/O)cc(C)c1OCCSC(F)(F)F. The summed E-state index contributed by atoms with van der Waals surface area (Å²) in [6.07, 6.45) is 0. The lowest BCUT2D eigenvalue weighted by Gasteiger charge is -2.14. The fraction of sp³-hybridized carbons (Fsp3) is 0.417. The number of nitrogens with zero attached hydrogens (tertiary/aromatic N) is 1. The quantitative estimate of drug-likeness (QED) is 0.288. The highest BCUT2D eigenvalue weighted by Gasteiger charge is 2.27. The average molecular weight is 308 g/mol. The zero-order valence-corrected chi connectivity index (χ0v) is 11.8. The van der Waals surface area contributed by atoms with E-state index in [1.165, 1.54) is 0 Å². The summed E-state index contributed by atoms with van der Waals surface area (Å²) in [4.78, 5) is 0. The van der Waals surface area contributed by atoms with E-state index in [2.05, 4.69) is 5.16 Å². The number of amidine groups is 1. The van der Waals surface area contributed by atoms with E-state index in [1.54, 1.807) is 26.0 Å². The van der Waals surface area contributed by atoms with Crippen LogP contribution in [0.25, 0.3) is 0 Å². The number of benzene rings is 1. The van der Waals surface area contributed by atoms with Crippen molar-refractivity contribution < 1.29 is 23.1 Å². The smallest absolute Gasteiger partial charge is 0.441 e. The van der Waals surface area contributed by atoms with Gasteiger partial charge in [0.25, 0.3) is 0 Å². The maximum atomic E-state index is 12.0. The first-order valence-corrected chi connectivity index (χ1v) is 6.66. The van der Waals surface area contributed by atoms with Crippen LogP contribution >= 0.6 is 11.8 Å². The molecule has 1 aromatic carbocycles. The molecule has 0 saturated heterocycles. The number of thioether (sulfide) groups is 1. The average Bonchev–Trinajstić information content (AvgIpc) is 2.34. The molecule has 0 atom stereocenters. The molecule has 0 amide bonds. The zero-order valence-electron chi connectivity index (χ0n) is 11.0. The van der Waals surface area contributed by atoms with Gasteiger partial charge in [-0.3, -0.25) is 0 Å².